The first kappa shape index (κ1) is 12.4. The van der Waals surface area contributed by atoms with E-state index in [1.807, 2.05) is 0 Å². The maximum absolute atomic E-state index is 12.3. The van der Waals surface area contributed by atoms with Gasteiger partial charge in [-0.2, -0.15) is 5.10 Å². The summed E-state index contributed by atoms with van der Waals surface area (Å²) in [6.45, 7) is 0. The van der Waals surface area contributed by atoms with Gasteiger partial charge in [-0.15, -0.1) is 18.2 Å². The molecule has 0 spiro atoms. The van der Waals surface area contributed by atoms with Crippen molar-refractivity contribution in [2.24, 2.45) is 10.8 Å². The normalized spacial score (nSPS) is 11.7. The van der Waals surface area contributed by atoms with Crippen molar-refractivity contribution in [3.05, 3.63) is 35.9 Å². The van der Waals surface area contributed by atoms with E-state index in [-0.39, 0.29) is 5.01 Å². The summed E-state index contributed by atoms with van der Waals surface area (Å²) in [7, 11) is 0. The molecule has 16 heavy (non-hydrogen) atoms. The lowest BCUT2D eigenvalue weighted by Gasteiger charge is -2.18. The minimum absolute atomic E-state index is 0.366. The van der Waals surface area contributed by atoms with Crippen LogP contribution in [-0.4, -0.2) is 22.6 Å². The van der Waals surface area contributed by atoms with E-state index in [1.165, 1.54) is 0 Å². The third kappa shape index (κ3) is 3.50. The summed E-state index contributed by atoms with van der Waals surface area (Å²) >= 11 is 4.25. The van der Waals surface area contributed by atoms with Crippen molar-refractivity contribution in [2.45, 2.75) is 6.30 Å². The Kier molecular flexibility index (Phi) is 3.83. The van der Waals surface area contributed by atoms with Crippen LogP contribution >= 0.6 is 12.2 Å². The zero-order valence-electron chi connectivity index (χ0n) is 7.98. The summed E-state index contributed by atoms with van der Waals surface area (Å²) < 4.78 is 37.0. The van der Waals surface area contributed by atoms with Gasteiger partial charge in [-0.3, -0.25) is 0 Å². The summed E-state index contributed by atoms with van der Waals surface area (Å²) in [5.41, 5.74) is 5.43. The van der Waals surface area contributed by atoms with Gasteiger partial charge in [0.1, 0.15) is 0 Å². The van der Waals surface area contributed by atoms with Gasteiger partial charge in [0.15, 0.2) is 5.11 Å². The lowest BCUT2D eigenvalue weighted by molar-refractivity contribution is -0.217. The van der Waals surface area contributed by atoms with Crippen LogP contribution in [-0.2, 0) is 0 Å². The number of nitrogens with zero attached hydrogens (tertiary/aromatic N) is 2. The summed E-state index contributed by atoms with van der Waals surface area (Å²) in [4.78, 5) is 0. The minimum atomic E-state index is -4.71. The van der Waals surface area contributed by atoms with Gasteiger partial charge in [-0.1, -0.05) is 30.3 Å². The fourth-order valence-electron chi connectivity index (χ4n) is 0.911. The van der Waals surface area contributed by atoms with Crippen LogP contribution in [0.1, 0.15) is 5.56 Å². The molecule has 86 valence electrons. The third-order valence-corrected chi connectivity index (χ3v) is 1.74. The highest BCUT2D eigenvalue weighted by atomic mass is 32.1. The van der Waals surface area contributed by atoms with Gasteiger partial charge < -0.3 is 5.73 Å². The number of nitrogens with two attached hydrogens (primary N) is 1. The molecule has 1 rings (SSSR count). The predicted octanol–water partition coefficient (Wildman–Crippen LogP) is 2.09. The highest BCUT2D eigenvalue weighted by Crippen LogP contribution is 2.21. The quantitative estimate of drug-likeness (QED) is 0.376. The van der Waals surface area contributed by atoms with Crippen molar-refractivity contribution >= 4 is 23.5 Å². The van der Waals surface area contributed by atoms with Crippen molar-refractivity contribution in [1.29, 1.82) is 0 Å². The van der Waals surface area contributed by atoms with E-state index in [1.54, 1.807) is 30.3 Å². The van der Waals surface area contributed by atoms with E-state index in [4.69, 9.17) is 5.73 Å². The number of thiocarbonyl (C=S) groups is 1. The Hall–Kier alpha value is -1.63. The Balaban J connectivity index is 2.85. The average molecular weight is 247 g/mol. The third-order valence-electron chi connectivity index (χ3n) is 1.57. The van der Waals surface area contributed by atoms with Crippen LogP contribution in [0.4, 0.5) is 13.2 Å². The molecule has 0 aliphatic carbocycles. The molecule has 7 heteroatoms. The molecule has 0 fully saturated rings. The second-order valence-electron chi connectivity index (χ2n) is 2.77. The molecule has 0 atom stereocenters. The minimum Gasteiger partial charge on any atom is -0.374 e. The average Bonchev–Trinajstić information content (AvgIpc) is 2.17. The zero-order valence-corrected chi connectivity index (χ0v) is 8.79. The Bertz CT molecular complexity index is 389. The molecule has 0 amide bonds. The molecule has 0 heterocycles. The van der Waals surface area contributed by atoms with Gasteiger partial charge in [-0.05, 0) is 17.8 Å². The van der Waals surface area contributed by atoms with Crippen molar-refractivity contribution in [1.82, 2.24) is 5.01 Å². The largest absolute Gasteiger partial charge is 0.507 e. The molecule has 0 saturated heterocycles. The van der Waals surface area contributed by atoms with E-state index >= 15 is 0 Å². The summed E-state index contributed by atoms with van der Waals surface area (Å²) in [6.07, 6.45) is -3.68. The SMILES string of the molecule is NC(=S)N(N=Cc1ccccc1)C(F)(F)F. The molecule has 0 saturated carbocycles. The van der Waals surface area contributed by atoms with Gasteiger partial charge in [0.25, 0.3) is 0 Å². The number of halogens is 3. The second-order valence-corrected chi connectivity index (χ2v) is 3.19. The van der Waals surface area contributed by atoms with Crippen molar-refractivity contribution in [3.8, 4) is 0 Å². The highest BCUT2D eigenvalue weighted by Gasteiger charge is 2.38. The number of hydrogen-bond donors (Lipinski definition) is 1. The van der Waals surface area contributed by atoms with E-state index < -0.39 is 11.4 Å². The zero-order chi connectivity index (χ0) is 12.2. The number of hydrogen-bond acceptors (Lipinski definition) is 2. The molecular weight excluding hydrogens is 239 g/mol. The molecule has 1 aromatic rings. The summed E-state index contributed by atoms with van der Waals surface area (Å²) in [5, 5.41) is 1.97. The van der Waals surface area contributed by atoms with Crippen molar-refractivity contribution < 1.29 is 13.2 Å². The molecule has 0 radical (unpaired) electrons. The first-order valence-corrected chi connectivity index (χ1v) is 4.57. The monoisotopic (exact) mass is 247 g/mol. The Morgan fingerprint density at radius 1 is 1.31 bits per heavy atom. The lowest BCUT2D eigenvalue weighted by Crippen LogP contribution is -2.41. The van der Waals surface area contributed by atoms with Crippen LogP contribution in [0.3, 0.4) is 0 Å². The van der Waals surface area contributed by atoms with Crippen molar-refractivity contribution in [2.75, 3.05) is 0 Å². The van der Waals surface area contributed by atoms with Crippen LogP contribution in [0.5, 0.6) is 0 Å². The maximum Gasteiger partial charge on any atom is 0.507 e. The van der Waals surface area contributed by atoms with Crippen LogP contribution in [0.25, 0.3) is 0 Å². The molecule has 2 N–H and O–H groups in total. The molecule has 0 aliphatic heterocycles. The molecule has 1 aromatic carbocycles. The van der Waals surface area contributed by atoms with Crippen LogP contribution in [0, 0.1) is 0 Å². The van der Waals surface area contributed by atoms with Gasteiger partial charge in [-0.25, -0.2) is 0 Å². The van der Waals surface area contributed by atoms with Crippen LogP contribution < -0.4 is 5.73 Å². The van der Waals surface area contributed by atoms with E-state index in [2.05, 4.69) is 17.3 Å². The molecule has 0 bridgehead atoms. The van der Waals surface area contributed by atoms with E-state index in [0.29, 0.717) is 5.56 Å². The van der Waals surface area contributed by atoms with Gasteiger partial charge >= 0.3 is 6.30 Å². The maximum atomic E-state index is 12.3. The van der Waals surface area contributed by atoms with Gasteiger partial charge in [0.05, 0.1) is 6.21 Å². The number of rotatable bonds is 2. The number of benzene rings is 1. The summed E-state index contributed by atoms with van der Waals surface area (Å²) in [6, 6.07) is 8.32. The molecule has 3 nitrogen and oxygen atoms in total. The molecule has 0 unspecified atom stereocenters. The Labute approximate surface area is 95.3 Å². The first-order valence-electron chi connectivity index (χ1n) is 4.16. The van der Waals surface area contributed by atoms with E-state index in [9.17, 15) is 13.2 Å². The number of hydrazone groups is 1. The molecule has 0 aromatic heterocycles. The van der Waals surface area contributed by atoms with Gasteiger partial charge in [0.2, 0.25) is 0 Å². The topological polar surface area (TPSA) is 41.6 Å². The smallest absolute Gasteiger partial charge is 0.374 e. The Morgan fingerprint density at radius 3 is 2.31 bits per heavy atom. The standard InChI is InChI=1S/C9H8F3N3S/c10-9(11,12)15(8(13)16)14-6-7-4-2-1-3-5-7/h1-6H,(H2,13,16). The van der Waals surface area contributed by atoms with Crippen molar-refractivity contribution in [3.63, 3.8) is 0 Å². The van der Waals surface area contributed by atoms with Crippen LogP contribution in [0.2, 0.25) is 0 Å². The molecule has 0 aliphatic rings. The molecular formula is C9H8F3N3S. The van der Waals surface area contributed by atoms with E-state index in [0.717, 1.165) is 6.21 Å². The van der Waals surface area contributed by atoms with Crippen LogP contribution in [0.15, 0.2) is 35.4 Å². The Morgan fingerprint density at radius 2 is 1.88 bits per heavy atom. The lowest BCUT2D eigenvalue weighted by atomic mass is 10.2. The first-order chi connectivity index (χ1) is 7.41. The van der Waals surface area contributed by atoms with Gasteiger partial charge in [0, 0.05) is 0 Å². The fourth-order valence-corrected chi connectivity index (χ4v) is 1.06. The number of alkyl halides is 3. The fraction of sp³-hybridized carbons (Fsp3) is 0.111. The highest BCUT2D eigenvalue weighted by molar-refractivity contribution is 7.80. The second kappa shape index (κ2) is 4.93. The predicted molar refractivity (Wildman–Crippen MR) is 58.7 cm³/mol. The summed E-state index contributed by atoms with van der Waals surface area (Å²) in [5.74, 6) is 0.